The Balaban J connectivity index is 2.15. The highest BCUT2D eigenvalue weighted by Gasteiger charge is 2.10. The zero-order valence-electron chi connectivity index (χ0n) is 13.2. The summed E-state index contributed by atoms with van der Waals surface area (Å²) in [5, 5.41) is 9.42. The molecule has 0 bridgehead atoms. The zero-order valence-corrected chi connectivity index (χ0v) is 13.2. The molecule has 23 heavy (non-hydrogen) atoms. The van der Waals surface area contributed by atoms with Gasteiger partial charge in [-0.3, -0.25) is 0 Å². The second-order valence-electron chi connectivity index (χ2n) is 5.84. The van der Waals surface area contributed by atoms with Crippen molar-refractivity contribution in [3.8, 4) is 22.3 Å². The number of hydrogen-bond acceptors (Lipinski definition) is 1. The molecule has 3 rings (SSSR count). The number of benzene rings is 3. The van der Waals surface area contributed by atoms with Crippen LogP contribution in [0.1, 0.15) is 21.5 Å². The van der Waals surface area contributed by atoms with Gasteiger partial charge in [0.15, 0.2) is 0 Å². The van der Waals surface area contributed by atoms with Crippen LogP contribution in [0.2, 0.25) is 0 Å². The first-order valence-corrected chi connectivity index (χ1v) is 7.55. The third-order valence-electron chi connectivity index (χ3n) is 3.95. The molecule has 0 aliphatic rings. The third-order valence-corrected chi connectivity index (χ3v) is 3.95. The summed E-state index contributed by atoms with van der Waals surface area (Å²) in [4.78, 5) is 11.5. The van der Waals surface area contributed by atoms with Crippen molar-refractivity contribution < 1.29 is 9.90 Å². The fraction of sp³-hybridized carbons (Fsp3) is 0.0952. The van der Waals surface area contributed by atoms with E-state index in [2.05, 4.69) is 0 Å². The lowest BCUT2D eigenvalue weighted by Gasteiger charge is -2.09. The lowest BCUT2D eigenvalue weighted by atomic mass is 9.95. The first-order chi connectivity index (χ1) is 11.0. The van der Waals surface area contributed by atoms with Crippen molar-refractivity contribution in [1.29, 1.82) is 0 Å². The molecule has 1 N–H and O–H groups in total. The van der Waals surface area contributed by atoms with Crippen LogP contribution < -0.4 is 0 Å². The molecule has 114 valence electrons. The van der Waals surface area contributed by atoms with Crippen LogP contribution in [0, 0.1) is 13.8 Å². The second-order valence-corrected chi connectivity index (χ2v) is 5.84. The summed E-state index contributed by atoms with van der Waals surface area (Å²) in [5.74, 6) is -0.910. The lowest BCUT2D eigenvalue weighted by Crippen LogP contribution is -1.97. The standard InChI is InChI=1S/C21H18O2/c1-14-3-7-16(8-4-14)18-11-19(13-20(12-18)21(22)23)17-9-5-15(2)6-10-17/h3-13H,1-2H3,(H,22,23). The smallest absolute Gasteiger partial charge is 0.335 e. The number of aryl methyl sites for hydroxylation is 2. The Hall–Kier alpha value is -2.87. The van der Waals surface area contributed by atoms with E-state index in [1.807, 2.05) is 68.4 Å². The highest BCUT2D eigenvalue weighted by Crippen LogP contribution is 2.29. The maximum Gasteiger partial charge on any atom is 0.335 e. The molecule has 0 heterocycles. The van der Waals surface area contributed by atoms with Crippen LogP contribution >= 0.6 is 0 Å². The third kappa shape index (κ3) is 3.32. The second kappa shape index (κ2) is 6.09. The van der Waals surface area contributed by atoms with Gasteiger partial charge in [-0.25, -0.2) is 4.79 Å². The fourth-order valence-electron chi connectivity index (χ4n) is 2.58. The minimum atomic E-state index is -0.910. The predicted molar refractivity (Wildman–Crippen MR) is 93.7 cm³/mol. The molecule has 3 aromatic carbocycles. The predicted octanol–water partition coefficient (Wildman–Crippen LogP) is 5.34. The molecule has 2 heteroatoms. The Labute approximate surface area is 136 Å². The summed E-state index contributed by atoms with van der Waals surface area (Å²) in [7, 11) is 0. The molecule has 0 amide bonds. The fourth-order valence-corrected chi connectivity index (χ4v) is 2.58. The van der Waals surface area contributed by atoms with Gasteiger partial charge in [0.2, 0.25) is 0 Å². The summed E-state index contributed by atoms with van der Waals surface area (Å²) in [6.07, 6.45) is 0. The topological polar surface area (TPSA) is 37.3 Å². The van der Waals surface area contributed by atoms with Crippen LogP contribution in [0.25, 0.3) is 22.3 Å². The van der Waals surface area contributed by atoms with Crippen molar-refractivity contribution >= 4 is 5.97 Å². The molecular weight excluding hydrogens is 284 g/mol. The van der Waals surface area contributed by atoms with E-state index in [-0.39, 0.29) is 0 Å². The molecule has 0 aromatic heterocycles. The Kier molecular flexibility index (Phi) is 3.98. The molecular formula is C21H18O2. The molecule has 0 radical (unpaired) electrons. The molecule has 3 aromatic rings. The van der Waals surface area contributed by atoms with E-state index in [1.165, 1.54) is 11.1 Å². The van der Waals surface area contributed by atoms with Crippen molar-refractivity contribution in [3.63, 3.8) is 0 Å². The van der Waals surface area contributed by atoms with Gasteiger partial charge in [0, 0.05) is 0 Å². The van der Waals surface area contributed by atoms with E-state index in [0.29, 0.717) is 5.56 Å². The van der Waals surface area contributed by atoms with E-state index in [4.69, 9.17) is 0 Å². The highest BCUT2D eigenvalue weighted by atomic mass is 16.4. The molecule has 0 unspecified atom stereocenters. The maximum absolute atomic E-state index is 11.5. The first kappa shape index (κ1) is 15.0. The van der Waals surface area contributed by atoms with E-state index in [0.717, 1.165) is 22.3 Å². The zero-order chi connectivity index (χ0) is 16.4. The van der Waals surface area contributed by atoms with Crippen LogP contribution in [-0.4, -0.2) is 11.1 Å². The van der Waals surface area contributed by atoms with Crippen LogP contribution in [0.4, 0.5) is 0 Å². The Morgan fingerprint density at radius 1 is 0.652 bits per heavy atom. The summed E-state index contributed by atoms with van der Waals surface area (Å²) in [6.45, 7) is 4.07. The lowest BCUT2D eigenvalue weighted by molar-refractivity contribution is 0.0697. The van der Waals surface area contributed by atoms with Gasteiger partial charge in [-0.05, 0) is 54.3 Å². The van der Waals surface area contributed by atoms with Gasteiger partial charge in [-0.2, -0.15) is 0 Å². The van der Waals surface area contributed by atoms with Crippen LogP contribution in [0.3, 0.4) is 0 Å². The van der Waals surface area contributed by atoms with Gasteiger partial charge in [-0.1, -0.05) is 59.7 Å². The van der Waals surface area contributed by atoms with Crippen LogP contribution in [0.5, 0.6) is 0 Å². The highest BCUT2D eigenvalue weighted by molar-refractivity contribution is 5.92. The Bertz CT molecular complexity index is 780. The number of carboxylic acids is 1. The number of carbonyl (C=O) groups is 1. The number of aromatic carboxylic acids is 1. The van der Waals surface area contributed by atoms with Gasteiger partial charge >= 0.3 is 5.97 Å². The molecule has 0 spiro atoms. The Morgan fingerprint density at radius 3 is 1.39 bits per heavy atom. The molecule has 0 atom stereocenters. The van der Waals surface area contributed by atoms with E-state index < -0.39 is 5.97 Å². The van der Waals surface area contributed by atoms with Crippen LogP contribution in [0.15, 0.2) is 66.7 Å². The van der Waals surface area contributed by atoms with E-state index in [1.54, 1.807) is 12.1 Å². The molecule has 2 nitrogen and oxygen atoms in total. The minimum absolute atomic E-state index is 0.304. The monoisotopic (exact) mass is 302 g/mol. The molecule has 0 saturated heterocycles. The van der Waals surface area contributed by atoms with Gasteiger partial charge < -0.3 is 5.11 Å². The van der Waals surface area contributed by atoms with Crippen LogP contribution in [-0.2, 0) is 0 Å². The number of rotatable bonds is 3. The molecule has 0 saturated carbocycles. The largest absolute Gasteiger partial charge is 0.478 e. The molecule has 0 aliphatic carbocycles. The van der Waals surface area contributed by atoms with E-state index >= 15 is 0 Å². The summed E-state index contributed by atoms with van der Waals surface area (Å²) >= 11 is 0. The summed E-state index contributed by atoms with van der Waals surface area (Å²) in [5.41, 5.74) is 6.54. The quantitative estimate of drug-likeness (QED) is 0.709. The maximum atomic E-state index is 11.5. The first-order valence-electron chi connectivity index (χ1n) is 7.55. The number of carboxylic acid groups (broad SMARTS) is 1. The Morgan fingerprint density at radius 2 is 1.04 bits per heavy atom. The normalized spacial score (nSPS) is 10.5. The van der Waals surface area contributed by atoms with Gasteiger partial charge in [0.1, 0.15) is 0 Å². The minimum Gasteiger partial charge on any atom is -0.478 e. The van der Waals surface area contributed by atoms with Crippen molar-refractivity contribution in [2.24, 2.45) is 0 Å². The van der Waals surface area contributed by atoms with Crippen molar-refractivity contribution in [2.45, 2.75) is 13.8 Å². The van der Waals surface area contributed by atoms with Crippen molar-refractivity contribution in [2.75, 3.05) is 0 Å². The summed E-state index contributed by atoms with van der Waals surface area (Å²) < 4.78 is 0. The van der Waals surface area contributed by atoms with Gasteiger partial charge in [0.25, 0.3) is 0 Å². The summed E-state index contributed by atoms with van der Waals surface area (Å²) in [6, 6.07) is 21.7. The average Bonchev–Trinajstić information content (AvgIpc) is 2.55. The van der Waals surface area contributed by atoms with Gasteiger partial charge in [-0.15, -0.1) is 0 Å². The molecule has 0 aliphatic heterocycles. The van der Waals surface area contributed by atoms with Crippen molar-refractivity contribution in [1.82, 2.24) is 0 Å². The average molecular weight is 302 g/mol. The van der Waals surface area contributed by atoms with Gasteiger partial charge in [0.05, 0.1) is 5.56 Å². The number of hydrogen-bond donors (Lipinski definition) is 1. The van der Waals surface area contributed by atoms with Crippen molar-refractivity contribution in [3.05, 3.63) is 83.4 Å². The van der Waals surface area contributed by atoms with E-state index in [9.17, 15) is 9.90 Å². The SMILES string of the molecule is Cc1ccc(-c2cc(C(=O)O)cc(-c3ccc(C)cc3)c2)cc1. The molecule has 0 fully saturated rings.